The smallest absolute Gasteiger partial charge is 0.252 e. The summed E-state index contributed by atoms with van der Waals surface area (Å²) in [5, 5.41) is 2.75. The quantitative estimate of drug-likeness (QED) is 0.803. The fourth-order valence-electron chi connectivity index (χ4n) is 1.54. The van der Waals surface area contributed by atoms with Crippen LogP contribution in [0.15, 0.2) is 18.2 Å². The number of carbonyl (C=O) groups excluding carboxylic acids is 1. The van der Waals surface area contributed by atoms with Crippen molar-refractivity contribution in [3.8, 4) is 23.8 Å². The fourth-order valence-corrected chi connectivity index (χ4v) is 1.54. The minimum Gasteiger partial charge on any atom is -0.454 e. The van der Waals surface area contributed by atoms with Crippen LogP contribution >= 0.6 is 0 Å². The number of benzene rings is 1. The third-order valence-electron chi connectivity index (χ3n) is 2.55. The van der Waals surface area contributed by atoms with Crippen molar-refractivity contribution in [3.05, 3.63) is 23.8 Å². The number of fused-ring (bicyclic) bond motifs is 1. The average molecular weight is 231 g/mol. The number of rotatable bonds is 3. The third-order valence-corrected chi connectivity index (χ3v) is 2.55. The van der Waals surface area contributed by atoms with Crippen molar-refractivity contribution in [2.24, 2.45) is 0 Å². The first-order chi connectivity index (χ1) is 8.24. The van der Waals surface area contributed by atoms with Gasteiger partial charge in [-0.05, 0) is 24.6 Å². The van der Waals surface area contributed by atoms with E-state index < -0.39 is 0 Å². The molecule has 1 aromatic carbocycles. The Morgan fingerprint density at radius 2 is 2.29 bits per heavy atom. The molecule has 1 amide bonds. The summed E-state index contributed by atoms with van der Waals surface area (Å²) in [5.41, 5.74) is 0.517. The van der Waals surface area contributed by atoms with E-state index in [1.165, 1.54) is 0 Å². The Morgan fingerprint density at radius 1 is 1.53 bits per heavy atom. The van der Waals surface area contributed by atoms with Gasteiger partial charge in [-0.1, -0.05) is 12.8 Å². The van der Waals surface area contributed by atoms with E-state index in [0.29, 0.717) is 23.5 Å². The van der Waals surface area contributed by atoms with Gasteiger partial charge in [-0.25, -0.2) is 0 Å². The van der Waals surface area contributed by atoms with Crippen molar-refractivity contribution >= 4 is 5.91 Å². The summed E-state index contributed by atoms with van der Waals surface area (Å²) in [6, 6.07) is 4.81. The Labute approximate surface area is 99.9 Å². The van der Waals surface area contributed by atoms with Crippen molar-refractivity contribution in [2.75, 3.05) is 6.79 Å². The van der Waals surface area contributed by atoms with Crippen LogP contribution in [-0.2, 0) is 0 Å². The van der Waals surface area contributed by atoms with Gasteiger partial charge in [-0.15, -0.1) is 6.42 Å². The predicted molar refractivity (Wildman–Crippen MR) is 62.9 cm³/mol. The van der Waals surface area contributed by atoms with Gasteiger partial charge in [0.15, 0.2) is 11.5 Å². The molecule has 1 aliphatic heterocycles. The Balaban J connectivity index is 2.12. The molecule has 4 heteroatoms. The molecule has 1 N–H and O–H groups in total. The predicted octanol–water partition coefficient (Wildman–Crippen LogP) is 1.56. The molecule has 1 aliphatic rings. The number of terminal acetylenes is 1. The summed E-state index contributed by atoms with van der Waals surface area (Å²) in [6.07, 6.45) is 5.99. The van der Waals surface area contributed by atoms with Gasteiger partial charge in [-0.2, -0.15) is 0 Å². The topological polar surface area (TPSA) is 47.6 Å². The molecular formula is C13H13NO3. The number of hydrogen-bond donors (Lipinski definition) is 1. The molecule has 0 radical (unpaired) electrons. The van der Waals surface area contributed by atoms with Crippen LogP contribution in [0.3, 0.4) is 0 Å². The van der Waals surface area contributed by atoms with Crippen molar-refractivity contribution < 1.29 is 14.3 Å². The lowest BCUT2D eigenvalue weighted by atomic mass is 10.1. The van der Waals surface area contributed by atoms with Crippen LogP contribution in [0, 0.1) is 12.3 Å². The van der Waals surface area contributed by atoms with Crippen LogP contribution < -0.4 is 14.8 Å². The van der Waals surface area contributed by atoms with E-state index in [1.807, 2.05) is 6.92 Å². The normalized spacial score (nSPS) is 13.9. The summed E-state index contributed by atoms with van der Waals surface area (Å²) < 4.78 is 10.4. The highest BCUT2D eigenvalue weighted by molar-refractivity contribution is 5.95. The molecule has 0 aliphatic carbocycles. The maximum atomic E-state index is 11.9. The van der Waals surface area contributed by atoms with Crippen LogP contribution in [0.2, 0.25) is 0 Å². The molecule has 4 nitrogen and oxygen atoms in total. The van der Waals surface area contributed by atoms with E-state index in [2.05, 4.69) is 11.2 Å². The van der Waals surface area contributed by atoms with Crippen molar-refractivity contribution in [2.45, 2.75) is 19.4 Å². The molecule has 1 unspecified atom stereocenters. The summed E-state index contributed by atoms with van der Waals surface area (Å²) >= 11 is 0. The number of hydrogen-bond acceptors (Lipinski definition) is 3. The van der Waals surface area contributed by atoms with E-state index in [4.69, 9.17) is 15.9 Å². The Bertz CT molecular complexity index is 476. The molecule has 1 aromatic rings. The highest BCUT2D eigenvalue weighted by atomic mass is 16.7. The van der Waals surface area contributed by atoms with Gasteiger partial charge in [0.2, 0.25) is 6.79 Å². The highest BCUT2D eigenvalue weighted by Crippen LogP contribution is 2.32. The van der Waals surface area contributed by atoms with Gasteiger partial charge in [0.05, 0.1) is 6.04 Å². The van der Waals surface area contributed by atoms with Crippen LogP contribution in [-0.4, -0.2) is 18.7 Å². The van der Waals surface area contributed by atoms with Gasteiger partial charge in [0, 0.05) is 5.56 Å². The largest absolute Gasteiger partial charge is 0.454 e. The summed E-state index contributed by atoms with van der Waals surface area (Å²) in [6.45, 7) is 2.12. The molecule has 17 heavy (non-hydrogen) atoms. The summed E-state index contributed by atoms with van der Waals surface area (Å²) in [5.74, 6) is 3.56. The molecule has 0 aromatic heterocycles. The number of nitrogens with one attached hydrogen (secondary N) is 1. The maximum Gasteiger partial charge on any atom is 0.252 e. The molecule has 1 atom stereocenters. The van der Waals surface area contributed by atoms with Crippen LogP contribution in [0.1, 0.15) is 23.7 Å². The lowest BCUT2D eigenvalue weighted by molar-refractivity contribution is 0.0944. The van der Waals surface area contributed by atoms with E-state index in [0.717, 1.165) is 0 Å². The maximum absolute atomic E-state index is 11.9. The summed E-state index contributed by atoms with van der Waals surface area (Å²) in [4.78, 5) is 11.9. The summed E-state index contributed by atoms with van der Waals surface area (Å²) in [7, 11) is 0. The first-order valence-corrected chi connectivity index (χ1v) is 5.41. The monoisotopic (exact) mass is 231 g/mol. The Kier molecular flexibility index (Phi) is 3.20. The van der Waals surface area contributed by atoms with Crippen LogP contribution in [0.25, 0.3) is 0 Å². The van der Waals surface area contributed by atoms with Crippen molar-refractivity contribution in [1.82, 2.24) is 5.32 Å². The minimum atomic E-state index is -0.243. The molecule has 1 heterocycles. The molecule has 2 rings (SSSR count). The van der Waals surface area contributed by atoms with Crippen LogP contribution in [0.5, 0.6) is 11.5 Å². The second kappa shape index (κ2) is 4.79. The second-order valence-electron chi connectivity index (χ2n) is 3.67. The SMILES string of the molecule is C#CC(CC)NC(=O)c1ccc2c(c1)OCO2. The second-order valence-corrected chi connectivity index (χ2v) is 3.67. The van der Waals surface area contributed by atoms with Crippen molar-refractivity contribution in [3.63, 3.8) is 0 Å². The minimum absolute atomic E-state index is 0.197. The van der Waals surface area contributed by atoms with Gasteiger partial charge >= 0.3 is 0 Å². The van der Waals surface area contributed by atoms with Gasteiger partial charge in [-0.3, -0.25) is 4.79 Å². The molecule has 0 saturated carbocycles. The molecule has 0 bridgehead atoms. The first-order valence-electron chi connectivity index (χ1n) is 5.41. The van der Waals surface area contributed by atoms with Gasteiger partial charge in [0.1, 0.15) is 0 Å². The zero-order valence-corrected chi connectivity index (χ0v) is 9.53. The number of amides is 1. The Morgan fingerprint density at radius 3 is 3.00 bits per heavy atom. The van der Waals surface area contributed by atoms with E-state index in [-0.39, 0.29) is 18.7 Å². The Hall–Kier alpha value is -2.15. The first kappa shape index (κ1) is 11.3. The number of carbonyl (C=O) groups is 1. The molecule has 0 fully saturated rings. The fraction of sp³-hybridized carbons (Fsp3) is 0.308. The van der Waals surface area contributed by atoms with E-state index in [1.54, 1.807) is 18.2 Å². The van der Waals surface area contributed by atoms with Gasteiger partial charge in [0.25, 0.3) is 5.91 Å². The molecule has 88 valence electrons. The zero-order valence-electron chi connectivity index (χ0n) is 9.53. The molecular weight excluding hydrogens is 218 g/mol. The van der Waals surface area contributed by atoms with Crippen LogP contribution in [0.4, 0.5) is 0 Å². The van der Waals surface area contributed by atoms with E-state index in [9.17, 15) is 4.79 Å². The van der Waals surface area contributed by atoms with E-state index >= 15 is 0 Å². The lowest BCUT2D eigenvalue weighted by Crippen LogP contribution is -2.33. The molecule has 0 saturated heterocycles. The lowest BCUT2D eigenvalue weighted by Gasteiger charge is -2.10. The standard InChI is InChI=1S/C13H13NO3/c1-3-10(4-2)14-13(15)9-5-6-11-12(7-9)17-8-16-11/h1,5-7,10H,4,8H2,2H3,(H,14,15). The third kappa shape index (κ3) is 2.34. The van der Waals surface area contributed by atoms with Crippen molar-refractivity contribution in [1.29, 1.82) is 0 Å². The molecule has 0 spiro atoms. The average Bonchev–Trinajstić information content (AvgIpc) is 2.82. The number of ether oxygens (including phenoxy) is 2. The highest BCUT2D eigenvalue weighted by Gasteiger charge is 2.17. The zero-order chi connectivity index (χ0) is 12.3. The van der Waals surface area contributed by atoms with Gasteiger partial charge < -0.3 is 14.8 Å².